The van der Waals surface area contributed by atoms with Crippen molar-refractivity contribution in [2.45, 2.75) is 26.7 Å². The average molecular weight is 222 g/mol. The van der Waals surface area contributed by atoms with Gasteiger partial charge in [0.05, 0.1) is 6.26 Å². The lowest BCUT2D eigenvalue weighted by Gasteiger charge is -2.09. The molecule has 1 aromatic heterocycles. The summed E-state index contributed by atoms with van der Waals surface area (Å²) in [5.41, 5.74) is 0. The smallest absolute Gasteiger partial charge is 0.198 e. The van der Waals surface area contributed by atoms with Crippen LogP contribution in [0.4, 0.5) is 0 Å². The van der Waals surface area contributed by atoms with Gasteiger partial charge in [0, 0.05) is 18.8 Å². The van der Waals surface area contributed by atoms with Crippen molar-refractivity contribution >= 4 is 17.3 Å². The first-order valence-corrected chi connectivity index (χ1v) is 5.07. The van der Waals surface area contributed by atoms with Gasteiger partial charge in [-0.1, -0.05) is 0 Å². The molecule has 0 aliphatic heterocycles. The highest BCUT2D eigenvalue weighted by Crippen LogP contribution is 2.15. The summed E-state index contributed by atoms with van der Waals surface area (Å²) < 4.78 is 4.94. The molecule has 4 nitrogen and oxygen atoms in total. The Morgan fingerprint density at radius 1 is 1.25 bits per heavy atom. The summed E-state index contributed by atoms with van der Waals surface area (Å²) in [6.45, 7) is 2.80. The standard InChI is InChI=1S/C12H14O4/c1-8(13)6-10(9(2)14)7-11(15)12-4-3-5-16-12/h3-5,10H,6-7H2,1-2H3. The van der Waals surface area contributed by atoms with Crippen LogP contribution in [0.3, 0.4) is 0 Å². The van der Waals surface area contributed by atoms with E-state index in [-0.39, 0.29) is 36.0 Å². The van der Waals surface area contributed by atoms with Gasteiger partial charge in [-0.3, -0.25) is 9.59 Å². The van der Waals surface area contributed by atoms with E-state index >= 15 is 0 Å². The van der Waals surface area contributed by atoms with Crippen molar-refractivity contribution in [3.8, 4) is 0 Å². The van der Waals surface area contributed by atoms with E-state index in [1.54, 1.807) is 12.1 Å². The van der Waals surface area contributed by atoms with Crippen LogP contribution < -0.4 is 0 Å². The summed E-state index contributed by atoms with van der Waals surface area (Å²) in [6.07, 6.45) is 1.55. The summed E-state index contributed by atoms with van der Waals surface area (Å²) in [7, 11) is 0. The Morgan fingerprint density at radius 3 is 2.38 bits per heavy atom. The second kappa shape index (κ2) is 5.39. The first-order valence-electron chi connectivity index (χ1n) is 5.07. The summed E-state index contributed by atoms with van der Waals surface area (Å²) in [4.78, 5) is 33.8. The van der Waals surface area contributed by atoms with Crippen molar-refractivity contribution in [2.24, 2.45) is 5.92 Å². The van der Waals surface area contributed by atoms with Crippen LogP contribution in [0.15, 0.2) is 22.8 Å². The van der Waals surface area contributed by atoms with Crippen molar-refractivity contribution in [1.82, 2.24) is 0 Å². The van der Waals surface area contributed by atoms with E-state index in [1.807, 2.05) is 0 Å². The second-order valence-electron chi connectivity index (χ2n) is 3.82. The SMILES string of the molecule is CC(=O)CC(CC(=O)c1ccco1)C(C)=O. The van der Waals surface area contributed by atoms with Gasteiger partial charge in [-0.2, -0.15) is 0 Å². The van der Waals surface area contributed by atoms with E-state index in [1.165, 1.54) is 20.1 Å². The Kier molecular flexibility index (Phi) is 4.17. The molecule has 0 aliphatic carbocycles. The zero-order valence-corrected chi connectivity index (χ0v) is 9.36. The molecule has 16 heavy (non-hydrogen) atoms. The molecule has 0 amide bonds. The predicted molar refractivity (Wildman–Crippen MR) is 57.1 cm³/mol. The van der Waals surface area contributed by atoms with Crippen molar-refractivity contribution < 1.29 is 18.8 Å². The highest BCUT2D eigenvalue weighted by molar-refractivity contribution is 5.97. The van der Waals surface area contributed by atoms with Crippen LogP contribution >= 0.6 is 0 Å². The van der Waals surface area contributed by atoms with Crippen molar-refractivity contribution in [3.63, 3.8) is 0 Å². The van der Waals surface area contributed by atoms with Crippen LogP contribution in [0, 0.1) is 5.92 Å². The summed E-state index contributed by atoms with van der Waals surface area (Å²) in [5.74, 6) is -0.779. The van der Waals surface area contributed by atoms with Crippen LogP contribution in [0.25, 0.3) is 0 Å². The third-order valence-electron chi connectivity index (χ3n) is 2.34. The largest absolute Gasteiger partial charge is 0.461 e. The number of carbonyl (C=O) groups excluding carboxylic acids is 3. The first-order chi connectivity index (χ1) is 7.50. The fourth-order valence-electron chi connectivity index (χ4n) is 1.47. The van der Waals surface area contributed by atoms with Gasteiger partial charge in [-0.25, -0.2) is 0 Å². The normalized spacial score (nSPS) is 12.1. The lowest BCUT2D eigenvalue weighted by molar-refractivity contribution is -0.125. The predicted octanol–water partition coefficient (Wildman–Crippen LogP) is 2.04. The van der Waals surface area contributed by atoms with E-state index in [0.29, 0.717) is 0 Å². The Balaban J connectivity index is 2.65. The van der Waals surface area contributed by atoms with E-state index in [0.717, 1.165) is 0 Å². The molecule has 1 aromatic rings. The molecule has 86 valence electrons. The minimum Gasteiger partial charge on any atom is -0.461 e. The van der Waals surface area contributed by atoms with Gasteiger partial charge < -0.3 is 9.21 Å². The maximum Gasteiger partial charge on any atom is 0.198 e. The Bertz CT molecular complexity index is 389. The molecule has 0 spiro atoms. The van der Waals surface area contributed by atoms with Crippen LogP contribution in [-0.4, -0.2) is 17.3 Å². The third-order valence-corrected chi connectivity index (χ3v) is 2.34. The number of furan rings is 1. The lowest BCUT2D eigenvalue weighted by Crippen LogP contribution is -2.18. The van der Waals surface area contributed by atoms with E-state index in [9.17, 15) is 14.4 Å². The molecule has 0 saturated heterocycles. The third kappa shape index (κ3) is 3.46. The molecule has 1 unspecified atom stereocenters. The average Bonchev–Trinajstić information content (AvgIpc) is 2.68. The van der Waals surface area contributed by atoms with E-state index in [4.69, 9.17) is 4.42 Å². The fraction of sp³-hybridized carbons (Fsp3) is 0.417. The molecule has 0 N–H and O–H groups in total. The maximum absolute atomic E-state index is 11.6. The van der Waals surface area contributed by atoms with Gasteiger partial charge in [0.25, 0.3) is 0 Å². The number of hydrogen-bond donors (Lipinski definition) is 0. The molecule has 0 aliphatic rings. The van der Waals surface area contributed by atoms with Crippen LogP contribution in [0.1, 0.15) is 37.2 Å². The molecular weight excluding hydrogens is 208 g/mol. The molecule has 0 fully saturated rings. The topological polar surface area (TPSA) is 64.3 Å². The van der Waals surface area contributed by atoms with Gasteiger partial charge >= 0.3 is 0 Å². The number of Topliss-reactive ketones (excluding diaryl/α,β-unsaturated/α-hetero) is 3. The zero-order valence-electron chi connectivity index (χ0n) is 9.36. The molecule has 0 radical (unpaired) electrons. The number of carbonyl (C=O) groups is 3. The summed E-state index contributed by atoms with van der Waals surface area (Å²) >= 11 is 0. The van der Waals surface area contributed by atoms with Gasteiger partial charge in [-0.05, 0) is 26.0 Å². The Hall–Kier alpha value is -1.71. The number of ketones is 3. The van der Waals surface area contributed by atoms with Crippen molar-refractivity contribution in [2.75, 3.05) is 0 Å². The molecular formula is C12H14O4. The highest BCUT2D eigenvalue weighted by atomic mass is 16.3. The maximum atomic E-state index is 11.6. The molecule has 0 saturated carbocycles. The van der Waals surface area contributed by atoms with Crippen LogP contribution in [0.5, 0.6) is 0 Å². The van der Waals surface area contributed by atoms with E-state index in [2.05, 4.69) is 0 Å². The van der Waals surface area contributed by atoms with Crippen LogP contribution in [-0.2, 0) is 9.59 Å². The highest BCUT2D eigenvalue weighted by Gasteiger charge is 2.22. The number of rotatable bonds is 6. The van der Waals surface area contributed by atoms with Gasteiger partial charge in [0.15, 0.2) is 11.5 Å². The molecule has 4 heteroatoms. The van der Waals surface area contributed by atoms with Crippen LogP contribution in [0.2, 0.25) is 0 Å². The first kappa shape index (κ1) is 12.4. The minimum atomic E-state index is -0.532. The Morgan fingerprint density at radius 2 is 1.94 bits per heavy atom. The molecule has 1 heterocycles. The Labute approximate surface area is 93.6 Å². The summed E-state index contributed by atoms with van der Waals surface area (Å²) in [6, 6.07) is 3.16. The van der Waals surface area contributed by atoms with Gasteiger partial charge in [0.2, 0.25) is 0 Å². The molecule has 1 atom stereocenters. The van der Waals surface area contributed by atoms with Gasteiger partial charge in [-0.15, -0.1) is 0 Å². The molecule has 0 bridgehead atoms. The number of hydrogen-bond acceptors (Lipinski definition) is 4. The zero-order chi connectivity index (χ0) is 12.1. The minimum absolute atomic E-state index is 0.0302. The second-order valence-corrected chi connectivity index (χ2v) is 3.82. The molecule has 1 rings (SSSR count). The van der Waals surface area contributed by atoms with Crippen molar-refractivity contribution in [3.05, 3.63) is 24.2 Å². The lowest BCUT2D eigenvalue weighted by atomic mass is 9.92. The fourth-order valence-corrected chi connectivity index (χ4v) is 1.47. The summed E-state index contributed by atoms with van der Waals surface area (Å²) in [5, 5.41) is 0. The monoisotopic (exact) mass is 222 g/mol. The quantitative estimate of drug-likeness (QED) is 0.691. The van der Waals surface area contributed by atoms with Gasteiger partial charge in [0.1, 0.15) is 11.6 Å². The molecule has 0 aromatic carbocycles. The van der Waals surface area contributed by atoms with Crippen molar-refractivity contribution in [1.29, 1.82) is 0 Å². The van der Waals surface area contributed by atoms with E-state index < -0.39 is 5.92 Å².